The molecule has 1 N–H and O–H groups in total. The van der Waals surface area contributed by atoms with Gasteiger partial charge in [-0.05, 0) is 31.2 Å². The Kier molecular flexibility index (Phi) is 8.00. The zero-order chi connectivity index (χ0) is 15.7. The Hall–Kier alpha value is -1.40. The minimum Gasteiger partial charge on any atom is -0.463 e. The second kappa shape index (κ2) is 9.52. The van der Waals surface area contributed by atoms with Crippen molar-refractivity contribution in [3.05, 3.63) is 22.4 Å². The number of aliphatic imine (C=N–C) groups is 1. The molecule has 0 unspecified atom stereocenters. The van der Waals surface area contributed by atoms with Gasteiger partial charge >= 0.3 is 0 Å². The first-order chi connectivity index (χ1) is 10.0. The molecule has 0 aromatic carbocycles. The molecule has 0 aliphatic heterocycles. The van der Waals surface area contributed by atoms with Gasteiger partial charge in [-0.1, -0.05) is 19.9 Å². The maximum Gasteiger partial charge on any atom is 0.292 e. The summed E-state index contributed by atoms with van der Waals surface area (Å²) >= 11 is 1.38. The lowest BCUT2D eigenvalue weighted by molar-refractivity contribution is 0.0923. The molecule has 0 fully saturated rings. The highest BCUT2D eigenvalue weighted by Gasteiger charge is 2.13. The first kappa shape index (κ1) is 17.7. The predicted octanol–water partition coefficient (Wildman–Crippen LogP) is 2.93. The summed E-state index contributed by atoms with van der Waals surface area (Å²) < 4.78 is 10.8. The Morgan fingerprint density at radius 3 is 2.71 bits per heavy atom. The summed E-state index contributed by atoms with van der Waals surface area (Å²) in [6, 6.07) is 3.93. The van der Waals surface area contributed by atoms with Crippen LogP contribution >= 0.6 is 11.3 Å². The number of nitrogens with one attached hydrogen (secondary N) is 1. The Balaban J connectivity index is 2.64. The van der Waals surface area contributed by atoms with Crippen molar-refractivity contribution in [2.45, 2.75) is 33.7 Å². The van der Waals surface area contributed by atoms with Crippen molar-refractivity contribution in [1.29, 1.82) is 0 Å². The van der Waals surface area contributed by atoms with Crippen LogP contribution < -0.4 is 5.32 Å². The summed E-state index contributed by atoms with van der Waals surface area (Å²) in [5.41, 5.74) is 0. The molecule has 21 heavy (non-hydrogen) atoms. The highest BCUT2D eigenvalue weighted by atomic mass is 32.1. The quantitative estimate of drug-likeness (QED) is 0.478. The van der Waals surface area contributed by atoms with E-state index in [1.54, 1.807) is 6.07 Å². The second-order valence-electron chi connectivity index (χ2n) is 4.90. The van der Waals surface area contributed by atoms with E-state index in [9.17, 15) is 4.79 Å². The topological polar surface area (TPSA) is 59.9 Å². The lowest BCUT2D eigenvalue weighted by atomic mass is 10.1. The average Bonchev–Trinajstić information content (AvgIpc) is 2.97. The zero-order valence-corrected chi connectivity index (χ0v) is 13.9. The molecule has 5 nitrogen and oxygen atoms in total. The predicted molar refractivity (Wildman–Crippen MR) is 86.0 cm³/mol. The Labute approximate surface area is 130 Å². The summed E-state index contributed by atoms with van der Waals surface area (Å²) in [4.78, 5) is 17.1. The molecule has 0 saturated carbocycles. The van der Waals surface area contributed by atoms with Gasteiger partial charge in [0.25, 0.3) is 11.9 Å². The number of amides is 1. The van der Waals surface area contributed by atoms with Crippen LogP contribution in [-0.2, 0) is 9.47 Å². The smallest absolute Gasteiger partial charge is 0.292 e. The normalized spacial score (nSPS) is 13.3. The number of carbonyl (C=O) groups excluding carboxylic acids is 1. The van der Waals surface area contributed by atoms with Crippen LogP contribution in [-0.4, -0.2) is 37.8 Å². The largest absolute Gasteiger partial charge is 0.463 e. The van der Waals surface area contributed by atoms with E-state index >= 15 is 0 Å². The number of amidine groups is 1. The van der Waals surface area contributed by atoms with Crippen LogP contribution in [0.5, 0.6) is 0 Å². The number of ether oxygens (including phenoxy) is 2. The third-order valence-electron chi connectivity index (χ3n) is 2.92. The summed E-state index contributed by atoms with van der Waals surface area (Å²) in [6.45, 7) is 9.55. The average molecular weight is 312 g/mol. The molecular formula is C15H24N2O3S. The van der Waals surface area contributed by atoms with E-state index in [-0.39, 0.29) is 18.0 Å². The number of carbonyl (C=O) groups is 1. The number of nitrogens with zero attached hydrogens (tertiary/aromatic N) is 1. The first-order valence-corrected chi connectivity index (χ1v) is 8.05. The van der Waals surface area contributed by atoms with Crippen molar-refractivity contribution >= 4 is 23.3 Å². The van der Waals surface area contributed by atoms with Gasteiger partial charge in [-0.25, -0.2) is 4.99 Å². The highest BCUT2D eigenvalue weighted by molar-refractivity contribution is 7.12. The Morgan fingerprint density at radius 1 is 1.38 bits per heavy atom. The van der Waals surface area contributed by atoms with E-state index in [4.69, 9.17) is 9.47 Å². The maximum atomic E-state index is 12.1. The van der Waals surface area contributed by atoms with E-state index in [0.717, 1.165) is 0 Å². The molecule has 0 radical (unpaired) electrons. The van der Waals surface area contributed by atoms with E-state index < -0.39 is 0 Å². The lowest BCUT2D eigenvalue weighted by Crippen LogP contribution is -2.34. The van der Waals surface area contributed by atoms with Crippen molar-refractivity contribution in [1.82, 2.24) is 5.32 Å². The fraction of sp³-hybridized carbons (Fsp3) is 0.600. The van der Waals surface area contributed by atoms with Crippen LogP contribution in [0.4, 0.5) is 0 Å². The van der Waals surface area contributed by atoms with Gasteiger partial charge in [0.1, 0.15) is 6.61 Å². The number of rotatable bonds is 7. The van der Waals surface area contributed by atoms with Crippen molar-refractivity contribution in [2.75, 3.05) is 19.8 Å². The van der Waals surface area contributed by atoms with Gasteiger partial charge in [-0.2, -0.15) is 0 Å². The van der Waals surface area contributed by atoms with Gasteiger partial charge in [0.15, 0.2) is 0 Å². The van der Waals surface area contributed by atoms with Crippen molar-refractivity contribution in [3.8, 4) is 0 Å². The third-order valence-corrected chi connectivity index (χ3v) is 3.79. The molecule has 0 aliphatic carbocycles. The second-order valence-corrected chi connectivity index (χ2v) is 5.84. The van der Waals surface area contributed by atoms with E-state index in [1.807, 2.05) is 25.3 Å². The SMILES string of the molecule is CCOCCOC(=N[C@H](C)C(C)C)NC(=O)c1cccs1. The lowest BCUT2D eigenvalue weighted by Gasteiger charge is -2.15. The Bertz CT molecular complexity index is 444. The standard InChI is InChI=1S/C15H24N2O3S/c1-5-19-8-9-20-15(16-12(4)11(2)3)17-14(18)13-7-6-10-21-13/h6-7,10-12H,5,8-9H2,1-4H3,(H,16,17,18)/t12-/m1/s1. The zero-order valence-electron chi connectivity index (χ0n) is 13.1. The molecule has 1 rings (SSSR count). The van der Waals surface area contributed by atoms with Crippen LogP contribution in [0.25, 0.3) is 0 Å². The minimum absolute atomic E-state index is 0.0655. The molecule has 0 bridgehead atoms. The number of thiophene rings is 1. The third kappa shape index (κ3) is 6.73. The van der Waals surface area contributed by atoms with Crippen molar-refractivity contribution in [2.24, 2.45) is 10.9 Å². The molecule has 1 aromatic rings. The number of hydrogen-bond donors (Lipinski definition) is 1. The van der Waals surface area contributed by atoms with Crippen molar-refractivity contribution in [3.63, 3.8) is 0 Å². The summed E-state index contributed by atoms with van der Waals surface area (Å²) in [7, 11) is 0. The van der Waals surface area contributed by atoms with Gasteiger partial charge in [0, 0.05) is 6.61 Å². The molecule has 6 heteroatoms. The molecule has 0 saturated heterocycles. The minimum atomic E-state index is -0.198. The maximum absolute atomic E-state index is 12.1. The molecule has 1 atom stereocenters. The van der Waals surface area contributed by atoms with Crippen LogP contribution in [0.1, 0.15) is 37.4 Å². The van der Waals surface area contributed by atoms with Crippen LogP contribution in [0.3, 0.4) is 0 Å². The van der Waals surface area contributed by atoms with Crippen LogP contribution in [0.2, 0.25) is 0 Å². The van der Waals surface area contributed by atoms with Gasteiger partial charge in [-0.3, -0.25) is 10.1 Å². The Morgan fingerprint density at radius 2 is 2.14 bits per heavy atom. The van der Waals surface area contributed by atoms with Gasteiger partial charge in [0.2, 0.25) is 0 Å². The number of hydrogen-bond acceptors (Lipinski definition) is 5. The van der Waals surface area contributed by atoms with Crippen molar-refractivity contribution < 1.29 is 14.3 Å². The van der Waals surface area contributed by atoms with E-state index in [2.05, 4.69) is 24.2 Å². The molecule has 0 spiro atoms. The monoisotopic (exact) mass is 312 g/mol. The molecule has 118 valence electrons. The van der Waals surface area contributed by atoms with E-state index in [1.165, 1.54) is 11.3 Å². The van der Waals surface area contributed by atoms with Crippen LogP contribution in [0, 0.1) is 5.92 Å². The molecule has 1 aromatic heterocycles. The van der Waals surface area contributed by atoms with Gasteiger partial charge in [0.05, 0.1) is 17.5 Å². The first-order valence-electron chi connectivity index (χ1n) is 7.17. The van der Waals surface area contributed by atoms with Gasteiger partial charge in [-0.15, -0.1) is 11.3 Å². The molecule has 0 aliphatic rings. The molecule has 1 heterocycles. The molecule has 1 amide bonds. The van der Waals surface area contributed by atoms with Crippen LogP contribution in [0.15, 0.2) is 22.5 Å². The summed E-state index contributed by atoms with van der Waals surface area (Å²) in [5, 5.41) is 4.59. The fourth-order valence-electron chi connectivity index (χ4n) is 1.35. The fourth-order valence-corrected chi connectivity index (χ4v) is 1.97. The van der Waals surface area contributed by atoms with E-state index in [0.29, 0.717) is 30.6 Å². The molecular weight excluding hydrogens is 288 g/mol. The highest BCUT2D eigenvalue weighted by Crippen LogP contribution is 2.09. The van der Waals surface area contributed by atoms with Gasteiger partial charge < -0.3 is 9.47 Å². The summed E-state index contributed by atoms with van der Waals surface area (Å²) in [5.74, 6) is 0.172. The summed E-state index contributed by atoms with van der Waals surface area (Å²) in [6.07, 6.45) is 0.